The Labute approximate surface area is 109 Å². The molecule has 1 aromatic carbocycles. The fourth-order valence-electron chi connectivity index (χ4n) is 1.57. The molecule has 0 heterocycles. The van der Waals surface area contributed by atoms with Gasteiger partial charge in [0.05, 0.1) is 7.11 Å². The monoisotopic (exact) mass is 247 g/mol. The average Bonchev–Trinajstić information content (AvgIpc) is 2.37. The van der Waals surface area contributed by atoms with Crippen molar-refractivity contribution in [3.63, 3.8) is 0 Å². The summed E-state index contributed by atoms with van der Waals surface area (Å²) < 4.78 is 4.63. The van der Waals surface area contributed by atoms with Crippen molar-refractivity contribution in [2.24, 2.45) is 0 Å². The Balaban J connectivity index is 2.45. The van der Waals surface area contributed by atoms with Crippen LogP contribution in [0.1, 0.15) is 23.6 Å². The molecule has 98 valence electrons. The SMILES string of the molecule is COC(=O)C(C)NC/C=C/c1ccc(C)c(C)c1. The third-order valence-corrected chi connectivity index (χ3v) is 2.94. The molecule has 1 atom stereocenters. The first-order valence-corrected chi connectivity index (χ1v) is 6.09. The molecule has 18 heavy (non-hydrogen) atoms. The molecule has 0 saturated heterocycles. The third-order valence-electron chi connectivity index (χ3n) is 2.94. The molecule has 1 rings (SSSR count). The molecule has 0 fully saturated rings. The third kappa shape index (κ3) is 4.34. The van der Waals surface area contributed by atoms with Crippen LogP contribution in [0.25, 0.3) is 6.08 Å². The first-order chi connectivity index (χ1) is 8.54. The van der Waals surface area contributed by atoms with Crippen LogP contribution in [0, 0.1) is 13.8 Å². The van der Waals surface area contributed by atoms with E-state index in [2.05, 4.69) is 42.1 Å². The van der Waals surface area contributed by atoms with Crippen molar-refractivity contribution in [2.45, 2.75) is 26.8 Å². The highest BCUT2D eigenvalue weighted by molar-refractivity contribution is 5.75. The highest BCUT2D eigenvalue weighted by atomic mass is 16.5. The first-order valence-electron chi connectivity index (χ1n) is 6.09. The van der Waals surface area contributed by atoms with E-state index in [9.17, 15) is 4.79 Å². The van der Waals surface area contributed by atoms with Crippen molar-refractivity contribution in [3.05, 3.63) is 41.0 Å². The number of benzene rings is 1. The lowest BCUT2D eigenvalue weighted by Crippen LogP contribution is -2.34. The molecule has 0 radical (unpaired) electrons. The van der Waals surface area contributed by atoms with Crippen LogP contribution >= 0.6 is 0 Å². The predicted molar refractivity (Wildman–Crippen MR) is 74.4 cm³/mol. The quantitative estimate of drug-likeness (QED) is 0.812. The van der Waals surface area contributed by atoms with Crippen molar-refractivity contribution in [2.75, 3.05) is 13.7 Å². The van der Waals surface area contributed by atoms with E-state index in [1.165, 1.54) is 23.8 Å². The number of ether oxygens (including phenoxy) is 1. The molecule has 0 bridgehead atoms. The fraction of sp³-hybridized carbons (Fsp3) is 0.400. The molecule has 1 unspecified atom stereocenters. The lowest BCUT2D eigenvalue weighted by molar-refractivity contribution is -0.142. The zero-order chi connectivity index (χ0) is 13.5. The molecule has 0 aliphatic rings. The van der Waals surface area contributed by atoms with E-state index in [-0.39, 0.29) is 12.0 Å². The molecular weight excluding hydrogens is 226 g/mol. The van der Waals surface area contributed by atoms with E-state index in [0.717, 1.165) is 0 Å². The van der Waals surface area contributed by atoms with E-state index < -0.39 is 0 Å². The summed E-state index contributed by atoms with van der Waals surface area (Å²) in [4.78, 5) is 11.1. The number of aryl methyl sites for hydroxylation is 2. The van der Waals surface area contributed by atoms with Crippen LogP contribution in [-0.4, -0.2) is 25.7 Å². The highest BCUT2D eigenvalue weighted by Crippen LogP contribution is 2.10. The maximum Gasteiger partial charge on any atom is 0.322 e. The molecular formula is C15H21NO2. The molecule has 0 aliphatic carbocycles. The number of carbonyl (C=O) groups is 1. The predicted octanol–water partition coefficient (Wildman–Crippen LogP) is 2.47. The smallest absolute Gasteiger partial charge is 0.322 e. The van der Waals surface area contributed by atoms with Crippen LogP contribution in [-0.2, 0) is 9.53 Å². The number of nitrogens with one attached hydrogen (secondary N) is 1. The van der Waals surface area contributed by atoms with Gasteiger partial charge < -0.3 is 10.1 Å². The molecule has 0 saturated carbocycles. The van der Waals surface area contributed by atoms with Crippen LogP contribution in [0.3, 0.4) is 0 Å². The normalized spacial score (nSPS) is 12.7. The topological polar surface area (TPSA) is 38.3 Å². The van der Waals surface area contributed by atoms with E-state index in [1.807, 2.05) is 12.2 Å². The number of hydrogen-bond acceptors (Lipinski definition) is 3. The van der Waals surface area contributed by atoms with Gasteiger partial charge in [0, 0.05) is 6.54 Å². The van der Waals surface area contributed by atoms with Gasteiger partial charge in [-0.05, 0) is 37.5 Å². The minimum Gasteiger partial charge on any atom is -0.468 e. The fourth-order valence-corrected chi connectivity index (χ4v) is 1.57. The van der Waals surface area contributed by atoms with Crippen molar-refractivity contribution >= 4 is 12.0 Å². The van der Waals surface area contributed by atoms with Gasteiger partial charge in [-0.2, -0.15) is 0 Å². The van der Waals surface area contributed by atoms with Crippen LogP contribution in [0.15, 0.2) is 24.3 Å². The second-order valence-corrected chi connectivity index (χ2v) is 4.40. The van der Waals surface area contributed by atoms with Gasteiger partial charge in [-0.15, -0.1) is 0 Å². The summed E-state index contributed by atoms with van der Waals surface area (Å²) in [5.41, 5.74) is 3.75. The summed E-state index contributed by atoms with van der Waals surface area (Å²) >= 11 is 0. The Morgan fingerprint density at radius 1 is 1.39 bits per heavy atom. The van der Waals surface area contributed by atoms with E-state index in [0.29, 0.717) is 6.54 Å². The minimum absolute atomic E-state index is 0.241. The molecule has 0 aromatic heterocycles. The Kier molecular flexibility index (Phi) is 5.59. The maximum atomic E-state index is 11.1. The number of carbonyl (C=O) groups excluding carboxylic acids is 1. The van der Waals surface area contributed by atoms with Crippen molar-refractivity contribution in [1.29, 1.82) is 0 Å². The van der Waals surface area contributed by atoms with Gasteiger partial charge in [0.2, 0.25) is 0 Å². The van der Waals surface area contributed by atoms with Gasteiger partial charge in [0.25, 0.3) is 0 Å². The Bertz CT molecular complexity index is 438. The van der Waals surface area contributed by atoms with Crippen molar-refractivity contribution in [3.8, 4) is 0 Å². The Hall–Kier alpha value is -1.61. The lowest BCUT2D eigenvalue weighted by atomic mass is 10.1. The van der Waals surface area contributed by atoms with Gasteiger partial charge in [-0.3, -0.25) is 4.79 Å². The summed E-state index contributed by atoms with van der Waals surface area (Å²) in [6, 6.07) is 6.07. The summed E-state index contributed by atoms with van der Waals surface area (Å²) in [7, 11) is 1.39. The number of methoxy groups -OCH3 is 1. The molecule has 3 nitrogen and oxygen atoms in total. The molecule has 0 amide bonds. The first kappa shape index (κ1) is 14.5. The summed E-state index contributed by atoms with van der Waals surface area (Å²) in [5.74, 6) is -0.241. The second kappa shape index (κ2) is 6.97. The molecule has 1 N–H and O–H groups in total. The summed E-state index contributed by atoms with van der Waals surface area (Å²) in [6.07, 6.45) is 4.05. The Morgan fingerprint density at radius 2 is 2.11 bits per heavy atom. The molecule has 1 aromatic rings. The van der Waals surface area contributed by atoms with Crippen LogP contribution in [0.4, 0.5) is 0 Å². The van der Waals surface area contributed by atoms with Gasteiger partial charge in [0.1, 0.15) is 6.04 Å². The van der Waals surface area contributed by atoms with E-state index >= 15 is 0 Å². The maximum absolute atomic E-state index is 11.1. The zero-order valence-corrected chi connectivity index (χ0v) is 11.5. The van der Waals surface area contributed by atoms with Gasteiger partial charge in [-0.25, -0.2) is 0 Å². The number of rotatable bonds is 5. The van der Waals surface area contributed by atoms with Crippen molar-refractivity contribution < 1.29 is 9.53 Å². The summed E-state index contributed by atoms with van der Waals surface area (Å²) in [6.45, 7) is 6.63. The summed E-state index contributed by atoms with van der Waals surface area (Å²) in [5, 5.41) is 3.07. The Morgan fingerprint density at radius 3 is 2.72 bits per heavy atom. The number of hydrogen-bond donors (Lipinski definition) is 1. The van der Waals surface area contributed by atoms with Crippen molar-refractivity contribution in [1.82, 2.24) is 5.32 Å². The van der Waals surface area contributed by atoms with Gasteiger partial charge >= 0.3 is 5.97 Å². The standard InChI is InChI=1S/C15H21NO2/c1-11-7-8-14(10-12(11)2)6-5-9-16-13(3)15(17)18-4/h5-8,10,13,16H,9H2,1-4H3/b6-5+. The largest absolute Gasteiger partial charge is 0.468 e. The zero-order valence-electron chi connectivity index (χ0n) is 11.5. The number of esters is 1. The highest BCUT2D eigenvalue weighted by Gasteiger charge is 2.09. The minimum atomic E-state index is -0.278. The second-order valence-electron chi connectivity index (χ2n) is 4.40. The molecule has 0 aliphatic heterocycles. The van der Waals surface area contributed by atoms with Gasteiger partial charge in [0.15, 0.2) is 0 Å². The van der Waals surface area contributed by atoms with Gasteiger partial charge in [-0.1, -0.05) is 30.4 Å². The van der Waals surface area contributed by atoms with Crippen LogP contribution in [0.5, 0.6) is 0 Å². The molecule has 3 heteroatoms. The van der Waals surface area contributed by atoms with Crippen LogP contribution in [0.2, 0.25) is 0 Å². The lowest BCUT2D eigenvalue weighted by Gasteiger charge is -2.08. The average molecular weight is 247 g/mol. The molecule has 0 spiro atoms. The van der Waals surface area contributed by atoms with Crippen LogP contribution < -0.4 is 5.32 Å². The van der Waals surface area contributed by atoms with E-state index in [1.54, 1.807) is 6.92 Å². The van der Waals surface area contributed by atoms with E-state index in [4.69, 9.17) is 0 Å².